The predicted octanol–water partition coefficient (Wildman–Crippen LogP) is 2.11. The monoisotopic (exact) mass is 369 g/mol. The van der Waals surface area contributed by atoms with Gasteiger partial charge in [0.05, 0.1) is 12.3 Å². The van der Waals surface area contributed by atoms with Crippen LogP contribution in [0, 0.1) is 0 Å². The Labute approximate surface area is 162 Å². The maximum Gasteiger partial charge on any atom is 0.0647 e. The Hall–Kier alpha value is -1.89. The third-order valence-electron chi connectivity index (χ3n) is 5.98. The van der Waals surface area contributed by atoms with Crippen LogP contribution in [0.2, 0.25) is 0 Å². The number of rotatable bonds is 6. The highest BCUT2D eigenvalue weighted by molar-refractivity contribution is 5.51. The first-order valence-corrected chi connectivity index (χ1v) is 10.1. The summed E-state index contributed by atoms with van der Waals surface area (Å²) in [7, 11) is 1.79. The molecule has 6 nitrogen and oxygen atoms in total. The van der Waals surface area contributed by atoms with Crippen molar-refractivity contribution in [3.05, 3.63) is 42.7 Å². The van der Waals surface area contributed by atoms with Crippen LogP contribution in [0.15, 0.2) is 42.7 Å². The Kier molecular flexibility index (Phi) is 6.07. The first kappa shape index (κ1) is 18.5. The van der Waals surface area contributed by atoms with Gasteiger partial charge in [-0.2, -0.15) is 5.10 Å². The number of piperidine rings is 1. The lowest BCUT2D eigenvalue weighted by Gasteiger charge is -2.43. The SMILES string of the molecule is COCCN1CCN(C2CCN(c3ccc(-n4cccn4)cc3)CC2)CC1. The molecular formula is C21H31N5O. The average Bonchev–Trinajstić information content (AvgIpc) is 3.28. The van der Waals surface area contributed by atoms with Gasteiger partial charge >= 0.3 is 0 Å². The van der Waals surface area contributed by atoms with E-state index in [1.54, 1.807) is 7.11 Å². The highest BCUT2D eigenvalue weighted by Crippen LogP contribution is 2.24. The van der Waals surface area contributed by atoms with Crippen molar-refractivity contribution in [1.82, 2.24) is 19.6 Å². The van der Waals surface area contributed by atoms with Crippen LogP contribution in [-0.4, -0.2) is 85.2 Å². The van der Waals surface area contributed by atoms with E-state index in [0.717, 1.165) is 38.0 Å². The summed E-state index contributed by atoms with van der Waals surface area (Å²) in [6.07, 6.45) is 6.32. The molecule has 0 saturated carbocycles. The molecule has 2 fully saturated rings. The smallest absolute Gasteiger partial charge is 0.0647 e. The fraction of sp³-hybridized carbons (Fsp3) is 0.571. The number of benzene rings is 1. The summed E-state index contributed by atoms with van der Waals surface area (Å²) in [6.45, 7) is 8.97. The molecule has 0 aliphatic carbocycles. The number of ether oxygens (including phenoxy) is 1. The molecule has 1 aromatic carbocycles. The Morgan fingerprint density at radius 2 is 1.67 bits per heavy atom. The van der Waals surface area contributed by atoms with Gasteiger partial charge in [-0.05, 0) is 43.2 Å². The molecule has 0 unspecified atom stereocenters. The molecule has 1 aromatic heterocycles. The van der Waals surface area contributed by atoms with Crippen molar-refractivity contribution in [1.29, 1.82) is 0 Å². The van der Waals surface area contributed by atoms with Crippen molar-refractivity contribution in [3.63, 3.8) is 0 Å². The van der Waals surface area contributed by atoms with E-state index in [-0.39, 0.29) is 0 Å². The lowest BCUT2D eigenvalue weighted by Crippen LogP contribution is -2.53. The minimum absolute atomic E-state index is 0.745. The van der Waals surface area contributed by atoms with E-state index >= 15 is 0 Å². The Morgan fingerprint density at radius 1 is 0.963 bits per heavy atom. The number of hydrogen-bond acceptors (Lipinski definition) is 5. The molecule has 2 aliphatic heterocycles. The van der Waals surface area contributed by atoms with Crippen LogP contribution in [0.5, 0.6) is 0 Å². The fourth-order valence-corrected chi connectivity index (χ4v) is 4.30. The third-order valence-corrected chi connectivity index (χ3v) is 5.98. The van der Waals surface area contributed by atoms with E-state index in [1.807, 2.05) is 23.1 Å². The molecule has 27 heavy (non-hydrogen) atoms. The summed E-state index contributed by atoms with van der Waals surface area (Å²) >= 11 is 0. The maximum atomic E-state index is 5.20. The largest absolute Gasteiger partial charge is 0.383 e. The van der Waals surface area contributed by atoms with Gasteiger partial charge in [0, 0.05) is 77.0 Å². The zero-order chi connectivity index (χ0) is 18.5. The minimum Gasteiger partial charge on any atom is -0.383 e. The summed E-state index contributed by atoms with van der Waals surface area (Å²) in [5.41, 5.74) is 2.44. The zero-order valence-corrected chi connectivity index (χ0v) is 16.3. The lowest BCUT2D eigenvalue weighted by atomic mass is 10.0. The van der Waals surface area contributed by atoms with E-state index in [0.29, 0.717) is 0 Å². The van der Waals surface area contributed by atoms with Crippen molar-refractivity contribution in [3.8, 4) is 5.69 Å². The second-order valence-electron chi connectivity index (χ2n) is 7.56. The van der Waals surface area contributed by atoms with Crippen molar-refractivity contribution in [2.45, 2.75) is 18.9 Å². The van der Waals surface area contributed by atoms with E-state index in [1.165, 1.54) is 44.7 Å². The molecule has 0 atom stereocenters. The average molecular weight is 370 g/mol. The molecule has 0 spiro atoms. The molecule has 6 heteroatoms. The number of hydrogen-bond donors (Lipinski definition) is 0. The van der Waals surface area contributed by atoms with Gasteiger partial charge in [0.15, 0.2) is 0 Å². The van der Waals surface area contributed by atoms with Crippen LogP contribution in [0.4, 0.5) is 5.69 Å². The van der Waals surface area contributed by atoms with E-state index in [4.69, 9.17) is 4.74 Å². The van der Waals surface area contributed by atoms with Gasteiger partial charge in [-0.25, -0.2) is 4.68 Å². The molecule has 3 heterocycles. The van der Waals surface area contributed by atoms with Crippen LogP contribution >= 0.6 is 0 Å². The normalized spacial score (nSPS) is 20.3. The van der Waals surface area contributed by atoms with E-state index in [2.05, 4.69) is 44.1 Å². The zero-order valence-electron chi connectivity index (χ0n) is 16.3. The number of anilines is 1. The number of methoxy groups -OCH3 is 1. The first-order chi connectivity index (χ1) is 13.3. The van der Waals surface area contributed by atoms with Gasteiger partial charge in [0.2, 0.25) is 0 Å². The van der Waals surface area contributed by atoms with E-state index < -0.39 is 0 Å². The summed E-state index contributed by atoms with van der Waals surface area (Å²) < 4.78 is 7.11. The summed E-state index contributed by atoms with van der Waals surface area (Å²) in [5.74, 6) is 0. The van der Waals surface area contributed by atoms with Crippen LogP contribution < -0.4 is 4.90 Å². The number of nitrogens with zero attached hydrogens (tertiary/aromatic N) is 5. The molecule has 4 rings (SSSR count). The van der Waals surface area contributed by atoms with Gasteiger partial charge in [0.25, 0.3) is 0 Å². The molecule has 146 valence electrons. The van der Waals surface area contributed by atoms with Gasteiger partial charge < -0.3 is 9.64 Å². The van der Waals surface area contributed by atoms with Crippen molar-refractivity contribution < 1.29 is 4.74 Å². The minimum atomic E-state index is 0.745. The standard InChI is InChI=1S/C21H31N5O/c1-27-18-17-23-13-15-25(16-14-23)20-7-11-24(12-8-20)19-3-5-21(6-4-19)26-10-2-9-22-26/h2-6,9-10,20H,7-8,11-18H2,1H3. The molecule has 2 saturated heterocycles. The molecule has 0 bridgehead atoms. The van der Waals surface area contributed by atoms with Crippen molar-refractivity contribution in [2.75, 3.05) is 64.4 Å². The Morgan fingerprint density at radius 3 is 2.30 bits per heavy atom. The molecule has 0 amide bonds. The highest BCUT2D eigenvalue weighted by atomic mass is 16.5. The van der Waals surface area contributed by atoms with Gasteiger partial charge in [0.1, 0.15) is 0 Å². The summed E-state index contributed by atoms with van der Waals surface area (Å²) in [5, 5.41) is 4.30. The van der Waals surface area contributed by atoms with Crippen LogP contribution in [0.25, 0.3) is 5.69 Å². The molecule has 0 N–H and O–H groups in total. The summed E-state index contributed by atoms with van der Waals surface area (Å²) in [6, 6.07) is 11.5. The third kappa shape index (κ3) is 4.51. The van der Waals surface area contributed by atoms with Gasteiger partial charge in [-0.1, -0.05) is 0 Å². The Balaban J connectivity index is 1.26. The molecular weight excluding hydrogens is 338 g/mol. The maximum absolute atomic E-state index is 5.20. The van der Waals surface area contributed by atoms with Crippen molar-refractivity contribution in [2.24, 2.45) is 0 Å². The van der Waals surface area contributed by atoms with Crippen LogP contribution in [-0.2, 0) is 4.74 Å². The van der Waals surface area contributed by atoms with Crippen LogP contribution in [0.1, 0.15) is 12.8 Å². The van der Waals surface area contributed by atoms with Gasteiger partial charge in [-0.3, -0.25) is 9.80 Å². The number of piperazine rings is 1. The number of aromatic nitrogens is 2. The fourth-order valence-electron chi connectivity index (χ4n) is 4.30. The molecule has 0 radical (unpaired) electrons. The lowest BCUT2D eigenvalue weighted by molar-refractivity contribution is 0.0672. The topological polar surface area (TPSA) is 36.8 Å². The highest BCUT2D eigenvalue weighted by Gasteiger charge is 2.27. The predicted molar refractivity (Wildman–Crippen MR) is 109 cm³/mol. The van der Waals surface area contributed by atoms with E-state index in [9.17, 15) is 0 Å². The summed E-state index contributed by atoms with van der Waals surface area (Å²) in [4.78, 5) is 7.76. The molecule has 2 aromatic rings. The van der Waals surface area contributed by atoms with Crippen LogP contribution in [0.3, 0.4) is 0 Å². The second-order valence-corrected chi connectivity index (χ2v) is 7.56. The quantitative estimate of drug-likeness (QED) is 0.780. The molecule has 2 aliphatic rings. The van der Waals surface area contributed by atoms with Crippen molar-refractivity contribution >= 4 is 5.69 Å². The Bertz CT molecular complexity index is 671. The first-order valence-electron chi connectivity index (χ1n) is 10.1. The van der Waals surface area contributed by atoms with Gasteiger partial charge in [-0.15, -0.1) is 0 Å². The second kappa shape index (κ2) is 8.87.